The Labute approximate surface area is 419 Å². The summed E-state index contributed by atoms with van der Waals surface area (Å²) in [6.45, 7) is 10.9. The predicted molar refractivity (Wildman–Crippen MR) is 268 cm³/mol. The summed E-state index contributed by atoms with van der Waals surface area (Å²) in [5, 5.41) is 11.8. The van der Waals surface area contributed by atoms with E-state index in [-0.39, 0.29) is 60.8 Å². The zero-order valence-electron chi connectivity index (χ0n) is 41.8. The van der Waals surface area contributed by atoms with Crippen LogP contribution in [0.5, 0.6) is 0 Å². The summed E-state index contributed by atoms with van der Waals surface area (Å²) >= 11 is 1.45. The van der Waals surface area contributed by atoms with Crippen LogP contribution in [0.15, 0.2) is 41.9 Å². The molecule has 6 bridgehead atoms. The minimum atomic E-state index is -1.04. The molecule has 3 N–H and O–H groups in total. The molecule has 4 amide bonds. The van der Waals surface area contributed by atoms with Gasteiger partial charge in [0.05, 0.1) is 40.2 Å². The molecule has 1 aromatic carbocycles. The van der Waals surface area contributed by atoms with E-state index in [9.17, 15) is 19.2 Å². The Kier molecular flexibility index (Phi) is 12.9. The van der Waals surface area contributed by atoms with Gasteiger partial charge in [0.1, 0.15) is 24.2 Å². The van der Waals surface area contributed by atoms with Gasteiger partial charge in [0, 0.05) is 91.3 Å². The van der Waals surface area contributed by atoms with E-state index in [1.807, 2.05) is 23.3 Å². The van der Waals surface area contributed by atoms with Crippen LogP contribution in [-0.4, -0.2) is 129 Å². The zero-order valence-corrected chi connectivity index (χ0v) is 42.7. The molecule has 6 fully saturated rings. The third-order valence-electron chi connectivity index (χ3n) is 16.8. The van der Waals surface area contributed by atoms with Gasteiger partial charge in [-0.2, -0.15) is 0 Å². The minimum Gasteiger partial charge on any atom is -0.464 e. The van der Waals surface area contributed by atoms with E-state index in [0.29, 0.717) is 75.8 Å². The number of rotatable bonds is 10. The lowest BCUT2D eigenvalue weighted by Crippen LogP contribution is -2.62. The van der Waals surface area contributed by atoms with Gasteiger partial charge in [0.15, 0.2) is 0 Å². The number of carbonyl (C=O) groups excluding carboxylic acids is 5. The highest BCUT2D eigenvalue weighted by molar-refractivity contribution is 7.10. The van der Waals surface area contributed by atoms with Crippen molar-refractivity contribution in [1.29, 1.82) is 0 Å². The number of ether oxygens (including phenoxy) is 2. The number of nitrogens with one attached hydrogen (secondary N) is 3. The molecule has 0 unspecified atom stereocenters. The highest BCUT2D eigenvalue weighted by Crippen LogP contribution is 2.46. The number of methoxy groups -OCH3 is 1. The first-order valence-electron chi connectivity index (χ1n) is 26.2. The number of hydrogen-bond donors (Lipinski definition) is 3. The quantitative estimate of drug-likeness (QED) is 0.126. The summed E-state index contributed by atoms with van der Waals surface area (Å²) in [6, 6.07) is 8.07. The maximum atomic E-state index is 15.1. The molecule has 4 aromatic rings. The third-order valence-corrected chi connectivity index (χ3v) is 17.7. The predicted octanol–water partition coefficient (Wildman–Crippen LogP) is 5.96. The normalized spacial score (nSPS) is 27.8. The van der Waals surface area contributed by atoms with Gasteiger partial charge >= 0.3 is 5.97 Å². The van der Waals surface area contributed by atoms with Crippen LogP contribution in [0.4, 0.5) is 0 Å². The summed E-state index contributed by atoms with van der Waals surface area (Å²) in [5.41, 5.74) is 8.73. The molecule has 7 atom stereocenters. The summed E-state index contributed by atoms with van der Waals surface area (Å²) in [4.78, 5) is 86.1. The Hall–Kier alpha value is -5.23. The van der Waals surface area contributed by atoms with Gasteiger partial charge in [-0.1, -0.05) is 32.8 Å². The molecule has 2 aliphatic carbocycles. The summed E-state index contributed by atoms with van der Waals surface area (Å²) in [7, 11) is 1.69. The number of nitrogens with zero attached hydrogens (tertiary/aromatic N) is 6. The first-order chi connectivity index (χ1) is 34.3. The molecule has 2 saturated carbocycles. The number of thiazole rings is 1. The van der Waals surface area contributed by atoms with Crippen LogP contribution >= 0.6 is 11.3 Å². The number of amides is 4. The van der Waals surface area contributed by atoms with E-state index in [4.69, 9.17) is 19.4 Å². The standard InChI is InChI=1S/C54H69N9O7S/c1-6-61-41-18-17-34-25-36(41)37(47(61)35-13-9-21-55-43(35)31(2)69-5)27-53(3,4)30-70-51(67)38-14-10-22-63(59-38)49(65)39(26-42-56-40(34)28-71-42)57-48(64)46(33-11-7-8-12-33)62-24-20-54(52(62)68)19-23-60(29-54)50(66)45-44(58-45)32-15-16-32/h9,13,17-18,21,25,28,31-33,38-39,44-46,58-59H,6-8,10-12,14-16,19-20,22-24,26-27,29-30H2,1-5H3,(H,57,64)/t31-,38-,39-,44+,45+,46-,54-/m0/s1. The average molecular weight is 988 g/mol. The Balaban J connectivity index is 0.917. The molecule has 11 rings (SSSR count). The van der Waals surface area contributed by atoms with Crippen molar-refractivity contribution in [3.05, 3.63) is 58.2 Å². The van der Waals surface area contributed by atoms with Gasteiger partial charge in [-0.15, -0.1) is 11.3 Å². The first-order valence-corrected chi connectivity index (χ1v) is 27.1. The van der Waals surface area contributed by atoms with E-state index >= 15 is 4.79 Å². The van der Waals surface area contributed by atoms with Crippen molar-refractivity contribution in [3.8, 4) is 22.5 Å². The van der Waals surface area contributed by atoms with Crippen molar-refractivity contribution in [2.75, 3.05) is 39.9 Å². The molecule has 0 radical (unpaired) electrons. The van der Waals surface area contributed by atoms with Crippen molar-refractivity contribution >= 4 is 51.8 Å². The summed E-state index contributed by atoms with van der Waals surface area (Å²) in [6.07, 6.45) is 10.4. The Morgan fingerprint density at radius 1 is 1.03 bits per heavy atom. The average Bonchev–Trinajstić information content (AvgIpc) is 4.07. The molecule has 1 spiro atoms. The number of pyridine rings is 1. The maximum absolute atomic E-state index is 15.1. The number of benzene rings is 1. The van der Waals surface area contributed by atoms with Gasteiger partial charge in [-0.05, 0) is 113 Å². The number of carbonyl (C=O) groups is 5. The Bertz CT molecular complexity index is 2740. The molecule has 17 heteroatoms. The lowest BCUT2D eigenvalue weighted by molar-refractivity contribution is -0.155. The van der Waals surface area contributed by atoms with Crippen LogP contribution in [0.2, 0.25) is 0 Å². The van der Waals surface area contributed by atoms with E-state index in [1.54, 1.807) is 18.2 Å². The fraction of sp³-hybridized carbons (Fsp3) is 0.611. The Morgan fingerprint density at radius 2 is 1.83 bits per heavy atom. The number of cyclic esters (lactones) is 1. The Morgan fingerprint density at radius 3 is 2.61 bits per heavy atom. The monoisotopic (exact) mass is 988 g/mol. The molecule has 16 nitrogen and oxygen atoms in total. The van der Waals surface area contributed by atoms with Gasteiger partial charge in [0.25, 0.3) is 5.91 Å². The van der Waals surface area contributed by atoms with Crippen molar-refractivity contribution in [2.24, 2.45) is 22.7 Å². The number of likely N-dealkylation sites (tertiary alicyclic amines) is 2. The molecule has 5 aliphatic heterocycles. The second kappa shape index (κ2) is 19.0. The van der Waals surface area contributed by atoms with E-state index in [1.165, 1.54) is 29.2 Å². The molecule has 8 heterocycles. The molecule has 4 saturated heterocycles. The van der Waals surface area contributed by atoms with E-state index < -0.39 is 34.9 Å². The molecular formula is C54H69N9O7S. The second-order valence-corrected chi connectivity index (χ2v) is 23.3. The van der Waals surface area contributed by atoms with E-state index in [2.05, 4.69) is 65.7 Å². The number of hydrogen-bond acceptors (Lipinski definition) is 12. The van der Waals surface area contributed by atoms with Crippen LogP contribution in [0, 0.1) is 22.7 Å². The smallest absolute Gasteiger partial charge is 0.324 e. The fourth-order valence-electron chi connectivity index (χ4n) is 12.7. The number of fused-ring (bicyclic) bond motifs is 6. The van der Waals surface area contributed by atoms with Crippen LogP contribution in [-0.2, 0) is 52.8 Å². The number of aryl methyl sites for hydroxylation is 1. The number of hydrazine groups is 1. The SMILES string of the molecule is CCn1c(-c2cccnc2[C@H](C)OC)c2c3cc(ccc31)-c1csc(n1)C[C@H](NC(=O)[C@H](C1CCCC1)N1CC[C@]3(CCN(C(=O)[C@@H]4N[C@@H]4C4CC4)C3)C1=O)C(=O)N1CCC[C@H](N1)C(=O)OCC(C)(C)C2. The first kappa shape index (κ1) is 48.1. The topological polar surface area (TPSA) is 190 Å². The highest BCUT2D eigenvalue weighted by atomic mass is 32.1. The van der Waals surface area contributed by atoms with Crippen molar-refractivity contribution in [3.63, 3.8) is 0 Å². The van der Waals surface area contributed by atoms with Crippen molar-refractivity contribution < 1.29 is 33.4 Å². The molecule has 7 aliphatic rings. The lowest BCUT2D eigenvalue weighted by atomic mass is 9.84. The molecule has 71 heavy (non-hydrogen) atoms. The summed E-state index contributed by atoms with van der Waals surface area (Å²) < 4.78 is 14.3. The van der Waals surface area contributed by atoms with Crippen molar-refractivity contribution in [1.82, 2.24) is 45.4 Å². The van der Waals surface area contributed by atoms with Crippen molar-refractivity contribution in [2.45, 2.75) is 148 Å². The summed E-state index contributed by atoms with van der Waals surface area (Å²) in [5.74, 6) is -0.583. The van der Waals surface area contributed by atoms with Gasteiger partial charge in [-0.3, -0.25) is 39.3 Å². The van der Waals surface area contributed by atoms with Crippen LogP contribution in [0.1, 0.15) is 114 Å². The zero-order chi connectivity index (χ0) is 49.3. The van der Waals surface area contributed by atoms with Gasteiger partial charge < -0.3 is 29.2 Å². The lowest BCUT2D eigenvalue weighted by Gasteiger charge is -2.37. The molecule has 378 valence electrons. The maximum Gasteiger partial charge on any atom is 0.324 e. The van der Waals surface area contributed by atoms with Crippen LogP contribution < -0.4 is 16.1 Å². The van der Waals surface area contributed by atoms with E-state index in [0.717, 1.165) is 70.4 Å². The van der Waals surface area contributed by atoms with Gasteiger partial charge in [-0.25, -0.2) is 10.4 Å². The molecule has 3 aromatic heterocycles. The number of esters is 1. The second-order valence-electron chi connectivity index (χ2n) is 22.3. The largest absolute Gasteiger partial charge is 0.464 e. The molecular weight excluding hydrogens is 919 g/mol. The highest BCUT2D eigenvalue weighted by Gasteiger charge is 2.58. The van der Waals surface area contributed by atoms with Crippen LogP contribution in [0.3, 0.4) is 0 Å². The fourth-order valence-corrected chi connectivity index (χ4v) is 13.5. The third kappa shape index (κ3) is 9.07. The number of aromatic nitrogens is 3. The van der Waals surface area contributed by atoms with Crippen LogP contribution in [0.25, 0.3) is 33.4 Å². The minimum absolute atomic E-state index is 0.0582. The van der Waals surface area contributed by atoms with Gasteiger partial charge in [0.2, 0.25) is 17.7 Å².